The fourth-order valence-corrected chi connectivity index (χ4v) is 5.74. The van der Waals surface area contributed by atoms with Crippen LogP contribution in [0.25, 0.3) is 0 Å². The smallest absolute Gasteiger partial charge is 0.220 e. The normalized spacial score (nSPS) is 32.8. The van der Waals surface area contributed by atoms with Gasteiger partial charge >= 0.3 is 0 Å². The Bertz CT molecular complexity index is 741. The van der Waals surface area contributed by atoms with Crippen LogP contribution < -0.4 is 5.32 Å². The predicted octanol–water partition coefficient (Wildman–Crippen LogP) is 6.00. The molecule has 1 saturated carbocycles. The van der Waals surface area contributed by atoms with Crippen LogP contribution in [0, 0.1) is 17.8 Å². The summed E-state index contributed by atoms with van der Waals surface area (Å²) in [5, 5.41) is 14.5. The molecule has 1 aliphatic heterocycles. The third-order valence-electron chi connectivity index (χ3n) is 6.24. The van der Waals surface area contributed by atoms with Gasteiger partial charge < -0.3 is 15.2 Å². The van der Waals surface area contributed by atoms with Crippen LogP contribution in [0.5, 0.6) is 5.75 Å². The maximum Gasteiger partial charge on any atom is 0.220 e. The summed E-state index contributed by atoms with van der Waals surface area (Å²) >= 11 is 9.63. The van der Waals surface area contributed by atoms with Gasteiger partial charge in [-0.05, 0) is 59.7 Å². The minimum Gasteiger partial charge on any atom is -0.506 e. The van der Waals surface area contributed by atoms with E-state index in [-0.39, 0.29) is 35.3 Å². The fraction of sp³-hybridized carbons (Fsp3) is 0.682. The molecule has 1 saturated heterocycles. The molecule has 1 heterocycles. The van der Waals surface area contributed by atoms with Crippen molar-refractivity contribution in [2.45, 2.75) is 77.5 Å². The largest absolute Gasteiger partial charge is 0.506 e. The van der Waals surface area contributed by atoms with E-state index in [1.807, 2.05) is 0 Å². The average molecular weight is 473 g/mol. The van der Waals surface area contributed by atoms with E-state index in [2.05, 4.69) is 48.9 Å². The van der Waals surface area contributed by atoms with Crippen molar-refractivity contribution in [2.24, 2.45) is 17.8 Å². The van der Waals surface area contributed by atoms with E-state index in [9.17, 15) is 9.90 Å². The van der Waals surface area contributed by atoms with Crippen molar-refractivity contribution in [3.63, 3.8) is 0 Å². The standard InChI is InChI=1S/C22H31BrClNO3/c1-12(2)7-20(26)25-22(4)11-19(15-9-14(24)10-17(23)21(15)27)28-18-8-13(3)5-6-16(18)22/h9-10,12-13,16,18-19,27H,5-8,11H2,1-4H3,(H,25,26)/t13-,16-,18-,19-,22-/m1/s1. The molecule has 6 heteroatoms. The summed E-state index contributed by atoms with van der Waals surface area (Å²) in [4.78, 5) is 12.7. The number of nitrogens with one attached hydrogen (secondary N) is 1. The highest BCUT2D eigenvalue weighted by molar-refractivity contribution is 9.10. The molecule has 28 heavy (non-hydrogen) atoms. The van der Waals surface area contributed by atoms with E-state index in [0.29, 0.717) is 39.7 Å². The van der Waals surface area contributed by atoms with Gasteiger partial charge in [0.05, 0.1) is 16.7 Å². The van der Waals surface area contributed by atoms with Crippen LogP contribution in [-0.4, -0.2) is 22.7 Å². The zero-order valence-electron chi connectivity index (χ0n) is 17.1. The Morgan fingerprint density at radius 2 is 2.14 bits per heavy atom. The number of ether oxygens (including phenoxy) is 1. The Morgan fingerprint density at radius 3 is 2.82 bits per heavy atom. The van der Waals surface area contributed by atoms with E-state index in [1.54, 1.807) is 12.1 Å². The van der Waals surface area contributed by atoms with Crippen molar-refractivity contribution < 1.29 is 14.6 Å². The van der Waals surface area contributed by atoms with Gasteiger partial charge in [-0.3, -0.25) is 4.79 Å². The molecule has 0 bridgehead atoms. The van der Waals surface area contributed by atoms with E-state index in [4.69, 9.17) is 16.3 Å². The molecule has 1 aliphatic carbocycles. The Morgan fingerprint density at radius 1 is 1.43 bits per heavy atom. The molecule has 0 radical (unpaired) electrons. The molecule has 0 spiro atoms. The highest BCUT2D eigenvalue weighted by Gasteiger charge is 2.49. The van der Waals surface area contributed by atoms with Gasteiger partial charge in [0.25, 0.3) is 0 Å². The Hall–Kier alpha value is -0.780. The van der Waals surface area contributed by atoms with Crippen molar-refractivity contribution >= 4 is 33.4 Å². The minimum atomic E-state index is -0.374. The van der Waals surface area contributed by atoms with Crippen LogP contribution in [0.2, 0.25) is 5.02 Å². The molecule has 2 fully saturated rings. The van der Waals surface area contributed by atoms with Crippen LogP contribution >= 0.6 is 27.5 Å². The van der Waals surface area contributed by atoms with Crippen molar-refractivity contribution in [2.75, 3.05) is 0 Å². The lowest BCUT2D eigenvalue weighted by Gasteiger charge is -2.52. The molecule has 2 aliphatic rings. The zero-order valence-corrected chi connectivity index (χ0v) is 19.4. The summed E-state index contributed by atoms with van der Waals surface area (Å²) in [7, 11) is 0. The second-order valence-electron chi connectivity index (χ2n) is 9.28. The number of phenols is 1. The first-order valence-corrected chi connectivity index (χ1v) is 11.4. The van der Waals surface area contributed by atoms with Gasteiger partial charge in [-0.15, -0.1) is 0 Å². The number of hydrogen-bond donors (Lipinski definition) is 2. The van der Waals surface area contributed by atoms with E-state index in [0.717, 1.165) is 19.3 Å². The van der Waals surface area contributed by atoms with Crippen molar-refractivity contribution in [1.29, 1.82) is 0 Å². The third kappa shape index (κ3) is 4.68. The van der Waals surface area contributed by atoms with E-state index < -0.39 is 0 Å². The molecule has 0 unspecified atom stereocenters. The van der Waals surface area contributed by atoms with Crippen molar-refractivity contribution in [3.05, 3.63) is 27.2 Å². The molecule has 1 aromatic rings. The van der Waals surface area contributed by atoms with Crippen LogP contribution in [0.4, 0.5) is 0 Å². The first-order valence-electron chi connectivity index (χ1n) is 10.2. The maximum atomic E-state index is 12.7. The second kappa shape index (κ2) is 8.53. The molecule has 156 valence electrons. The lowest BCUT2D eigenvalue weighted by atomic mass is 9.66. The lowest BCUT2D eigenvalue weighted by Crippen LogP contribution is -2.60. The maximum absolute atomic E-state index is 12.7. The quantitative estimate of drug-likeness (QED) is 0.565. The summed E-state index contributed by atoms with van der Waals surface area (Å²) in [6.07, 6.45) is 4.05. The summed E-state index contributed by atoms with van der Waals surface area (Å²) in [5.74, 6) is 1.44. The molecule has 4 nitrogen and oxygen atoms in total. The number of benzene rings is 1. The van der Waals surface area contributed by atoms with Gasteiger partial charge in [-0.2, -0.15) is 0 Å². The van der Waals surface area contributed by atoms with Crippen LogP contribution in [0.15, 0.2) is 16.6 Å². The Balaban J connectivity index is 1.93. The predicted molar refractivity (Wildman–Crippen MR) is 116 cm³/mol. The fourth-order valence-electron chi connectivity index (χ4n) is 4.90. The SMILES string of the molecule is CC(C)CC(=O)N[C@]1(C)C[C@H](c2cc(Cl)cc(Br)c2O)O[C@@H]2C[C@H](C)CC[C@H]21. The topological polar surface area (TPSA) is 58.6 Å². The average Bonchev–Trinajstić information content (AvgIpc) is 2.56. The van der Waals surface area contributed by atoms with Gasteiger partial charge in [0.2, 0.25) is 5.91 Å². The number of carbonyl (C=O) groups excluding carboxylic acids is 1. The summed E-state index contributed by atoms with van der Waals surface area (Å²) < 4.78 is 7.06. The number of phenolic OH excluding ortho intramolecular Hbond substituents is 1. The molecular formula is C22H31BrClNO3. The van der Waals surface area contributed by atoms with E-state index in [1.165, 1.54) is 0 Å². The summed E-state index contributed by atoms with van der Waals surface area (Å²) in [6, 6.07) is 3.45. The number of halogens is 2. The molecule has 1 amide bonds. The van der Waals surface area contributed by atoms with Crippen LogP contribution in [0.3, 0.4) is 0 Å². The first kappa shape index (κ1) is 21.9. The number of aromatic hydroxyl groups is 1. The zero-order chi connectivity index (χ0) is 20.6. The summed E-state index contributed by atoms with van der Waals surface area (Å²) in [6.45, 7) is 8.51. The number of carbonyl (C=O) groups is 1. The number of hydrogen-bond acceptors (Lipinski definition) is 3. The minimum absolute atomic E-state index is 0.0593. The Labute approximate surface area is 181 Å². The third-order valence-corrected chi connectivity index (χ3v) is 7.07. The monoisotopic (exact) mass is 471 g/mol. The van der Waals surface area contributed by atoms with Crippen LogP contribution in [-0.2, 0) is 9.53 Å². The lowest BCUT2D eigenvalue weighted by molar-refractivity contribution is -0.154. The number of rotatable bonds is 4. The van der Waals surface area contributed by atoms with E-state index >= 15 is 0 Å². The molecule has 1 aromatic carbocycles. The van der Waals surface area contributed by atoms with Gasteiger partial charge in [0.15, 0.2) is 0 Å². The number of amides is 1. The van der Waals surface area contributed by atoms with Crippen molar-refractivity contribution in [3.8, 4) is 5.75 Å². The molecular weight excluding hydrogens is 442 g/mol. The Kier molecular flexibility index (Phi) is 6.68. The molecule has 0 aromatic heterocycles. The first-order chi connectivity index (χ1) is 13.1. The molecule has 5 atom stereocenters. The van der Waals surface area contributed by atoms with Crippen molar-refractivity contribution in [1.82, 2.24) is 5.32 Å². The number of fused-ring (bicyclic) bond motifs is 1. The summed E-state index contributed by atoms with van der Waals surface area (Å²) in [5.41, 5.74) is 0.307. The van der Waals surface area contributed by atoms with Gasteiger partial charge in [0, 0.05) is 34.9 Å². The second-order valence-corrected chi connectivity index (χ2v) is 10.6. The van der Waals surface area contributed by atoms with Gasteiger partial charge in [0.1, 0.15) is 5.75 Å². The van der Waals surface area contributed by atoms with Gasteiger partial charge in [-0.25, -0.2) is 0 Å². The van der Waals surface area contributed by atoms with Gasteiger partial charge in [-0.1, -0.05) is 38.8 Å². The molecule has 2 N–H and O–H groups in total. The van der Waals surface area contributed by atoms with Crippen LogP contribution in [0.1, 0.15) is 71.5 Å². The highest BCUT2D eigenvalue weighted by atomic mass is 79.9. The highest BCUT2D eigenvalue weighted by Crippen LogP contribution is 2.50. The molecule has 3 rings (SSSR count).